The molecule has 2 N–H and O–H groups in total. The maximum atomic E-state index is 13.6. The van der Waals surface area contributed by atoms with Crippen LogP contribution >= 0.6 is 0 Å². The van der Waals surface area contributed by atoms with Crippen LogP contribution in [0.5, 0.6) is 0 Å². The first-order chi connectivity index (χ1) is 7.29. The zero-order valence-corrected chi connectivity index (χ0v) is 9.47. The number of carbonyl (C=O) groups is 1. The number of halogens is 1. The molecule has 0 atom stereocenters. The topological polar surface area (TPSA) is 61.2 Å². The summed E-state index contributed by atoms with van der Waals surface area (Å²) in [5.41, 5.74) is 0.0762. The highest BCUT2D eigenvalue weighted by Gasteiger charge is 2.22. The second kappa shape index (κ2) is 4.04. The van der Waals surface area contributed by atoms with Gasteiger partial charge in [-0.15, -0.1) is 0 Å². The lowest BCUT2D eigenvalue weighted by Gasteiger charge is -2.20. The van der Waals surface area contributed by atoms with E-state index < -0.39 is 17.2 Å². The summed E-state index contributed by atoms with van der Waals surface area (Å²) in [6.07, 6.45) is 1.21. The SMILES string of the molecule is Cc1cc(C(C)(C)C=N)cc(F)c1C(=O)O. The monoisotopic (exact) mass is 223 g/mol. The summed E-state index contributed by atoms with van der Waals surface area (Å²) in [6, 6.07) is 2.79. The minimum atomic E-state index is -1.27. The predicted molar refractivity (Wildman–Crippen MR) is 59.9 cm³/mol. The highest BCUT2D eigenvalue weighted by atomic mass is 19.1. The van der Waals surface area contributed by atoms with Crippen molar-refractivity contribution < 1.29 is 14.3 Å². The number of rotatable bonds is 3. The van der Waals surface area contributed by atoms with E-state index in [-0.39, 0.29) is 5.56 Å². The molecule has 0 aliphatic rings. The zero-order chi connectivity index (χ0) is 12.5. The molecule has 0 aliphatic carbocycles. The number of carboxylic acid groups (broad SMARTS) is 1. The summed E-state index contributed by atoms with van der Waals surface area (Å²) in [5, 5.41) is 16.1. The first-order valence-electron chi connectivity index (χ1n) is 4.85. The molecule has 4 heteroatoms. The van der Waals surface area contributed by atoms with Crippen molar-refractivity contribution >= 4 is 12.2 Å². The molecule has 0 bridgehead atoms. The Bertz CT molecular complexity index is 429. The molecule has 0 aromatic heterocycles. The lowest BCUT2D eigenvalue weighted by molar-refractivity contribution is 0.0691. The second-order valence-electron chi connectivity index (χ2n) is 4.32. The first-order valence-corrected chi connectivity index (χ1v) is 4.85. The Kier molecular flexibility index (Phi) is 3.12. The smallest absolute Gasteiger partial charge is 0.338 e. The highest BCUT2D eigenvalue weighted by molar-refractivity contribution is 5.90. The predicted octanol–water partition coefficient (Wildman–Crippen LogP) is 2.76. The zero-order valence-electron chi connectivity index (χ0n) is 9.47. The van der Waals surface area contributed by atoms with E-state index in [4.69, 9.17) is 10.5 Å². The molecule has 0 radical (unpaired) electrons. The Balaban J connectivity index is 3.41. The van der Waals surface area contributed by atoms with Crippen LogP contribution in [0.2, 0.25) is 0 Å². The average Bonchev–Trinajstić information content (AvgIpc) is 2.15. The van der Waals surface area contributed by atoms with E-state index in [9.17, 15) is 9.18 Å². The van der Waals surface area contributed by atoms with Crippen LogP contribution in [0.1, 0.15) is 35.3 Å². The highest BCUT2D eigenvalue weighted by Crippen LogP contribution is 2.25. The third-order valence-corrected chi connectivity index (χ3v) is 2.61. The molecule has 0 fully saturated rings. The van der Waals surface area contributed by atoms with Crippen molar-refractivity contribution in [1.82, 2.24) is 0 Å². The molecule has 3 nitrogen and oxygen atoms in total. The van der Waals surface area contributed by atoms with Crippen LogP contribution in [-0.4, -0.2) is 17.3 Å². The van der Waals surface area contributed by atoms with Crippen molar-refractivity contribution in [3.05, 3.63) is 34.6 Å². The molecular weight excluding hydrogens is 209 g/mol. The largest absolute Gasteiger partial charge is 0.478 e. The Labute approximate surface area is 93.4 Å². The first kappa shape index (κ1) is 12.4. The van der Waals surface area contributed by atoms with Gasteiger partial charge in [0.15, 0.2) is 0 Å². The molecule has 0 unspecified atom stereocenters. The molecule has 1 aromatic rings. The van der Waals surface area contributed by atoms with Crippen LogP contribution in [0.3, 0.4) is 0 Å². The molecule has 16 heavy (non-hydrogen) atoms. The van der Waals surface area contributed by atoms with Crippen LogP contribution in [0, 0.1) is 18.2 Å². The molecule has 1 aromatic carbocycles. The van der Waals surface area contributed by atoms with Gasteiger partial charge in [-0.05, 0) is 24.1 Å². The molecule has 86 valence electrons. The summed E-state index contributed by atoms with van der Waals surface area (Å²) in [4.78, 5) is 10.8. The Morgan fingerprint density at radius 3 is 2.44 bits per heavy atom. The van der Waals surface area contributed by atoms with E-state index in [1.165, 1.54) is 12.3 Å². The summed E-state index contributed by atoms with van der Waals surface area (Å²) in [5.74, 6) is -2.02. The number of nitrogens with one attached hydrogen (secondary N) is 1. The van der Waals surface area contributed by atoms with E-state index in [2.05, 4.69) is 0 Å². The fourth-order valence-corrected chi connectivity index (χ4v) is 1.47. The van der Waals surface area contributed by atoms with Gasteiger partial charge in [0, 0.05) is 11.6 Å². The van der Waals surface area contributed by atoms with Crippen molar-refractivity contribution in [1.29, 1.82) is 5.41 Å². The Morgan fingerprint density at radius 2 is 2.06 bits per heavy atom. The van der Waals surface area contributed by atoms with Gasteiger partial charge in [0.2, 0.25) is 0 Å². The molecule has 0 amide bonds. The normalized spacial score (nSPS) is 11.2. The molecule has 1 rings (SSSR count). The average molecular weight is 223 g/mol. The summed E-state index contributed by atoms with van der Waals surface area (Å²) < 4.78 is 13.6. The van der Waals surface area contributed by atoms with Crippen molar-refractivity contribution in [3.63, 3.8) is 0 Å². The van der Waals surface area contributed by atoms with E-state index >= 15 is 0 Å². The number of hydrogen-bond donors (Lipinski definition) is 2. The van der Waals surface area contributed by atoms with Crippen LogP contribution < -0.4 is 0 Å². The van der Waals surface area contributed by atoms with Gasteiger partial charge in [-0.25, -0.2) is 9.18 Å². The maximum Gasteiger partial charge on any atom is 0.338 e. The second-order valence-corrected chi connectivity index (χ2v) is 4.32. The summed E-state index contributed by atoms with van der Waals surface area (Å²) in [7, 11) is 0. The fraction of sp³-hybridized carbons (Fsp3) is 0.333. The van der Waals surface area contributed by atoms with Crippen LogP contribution in [0.15, 0.2) is 12.1 Å². The van der Waals surface area contributed by atoms with Crippen molar-refractivity contribution in [2.45, 2.75) is 26.2 Å². The third-order valence-electron chi connectivity index (χ3n) is 2.61. The van der Waals surface area contributed by atoms with Crippen molar-refractivity contribution in [2.24, 2.45) is 0 Å². The van der Waals surface area contributed by atoms with E-state index in [1.807, 2.05) is 0 Å². The van der Waals surface area contributed by atoms with E-state index in [0.29, 0.717) is 11.1 Å². The van der Waals surface area contributed by atoms with Crippen LogP contribution in [0.25, 0.3) is 0 Å². The number of aryl methyl sites for hydroxylation is 1. The minimum Gasteiger partial charge on any atom is -0.478 e. The van der Waals surface area contributed by atoms with Crippen molar-refractivity contribution in [3.8, 4) is 0 Å². The Morgan fingerprint density at radius 1 is 1.50 bits per heavy atom. The standard InChI is InChI=1S/C12H14FNO2/c1-7-4-8(12(2,3)6-14)5-9(13)10(7)11(15)16/h4-6,14H,1-3H3,(H,15,16). The Hall–Kier alpha value is -1.71. The minimum absolute atomic E-state index is 0.301. The number of benzene rings is 1. The number of hydrogen-bond acceptors (Lipinski definition) is 2. The van der Waals surface area contributed by atoms with Gasteiger partial charge >= 0.3 is 5.97 Å². The molecule has 0 aliphatic heterocycles. The van der Waals surface area contributed by atoms with Crippen molar-refractivity contribution in [2.75, 3.05) is 0 Å². The quantitative estimate of drug-likeness (QED) is 0.774. The van der Waals surface area contributed by atoms with Gasteiger partial charge in [0.05, 0.1) is 5.56 Å². The number of aromatic carboxylic acids is 1. The molecule has 0 saturated carbocycles. The van der Waals surface area contributed by atoms with E-state index in [1.54, 1.807) is 26.8 Å². The summed E-state index contributed by atoms with van der Waals surface area (Å²) >= 11 is 0. The van der Waals surface area contributed by atoms with Gasteiger partial charge in [-0.1, -0.05) is 19.9 Å². The molecule has 0 heterocycles. The van der Waals surface area contributed by atoms with Gasteiger partial charge in [-0.2, -0.15) is 0 Å². The van der Waals surface area contributed by atoms with E-state index in [0.717, 1.165) is 0 Å². The summed E-state index contributed by atoms with van der Waals surface area (Å²) in [6.45, 7) is 5.10. The van der Waals surface area contributed by atoms with Crippen LogP contribution in [0.4, 0.5) is 4.39 Å². The lowest BCUT2D eigenvalue weighted by Crippen LogP contribution is -2.19. The van der Waals surface area contributed by atoms with Gasteiger partial charge in [0.1, 0.15) is 5.82 Å². The molecular formula is C12H14FNO2. The van der Waals surface area contributed by atoms with Gasteiger partial charge in [0.25, 0.3) is 0 Å². The molecule has 0 spiro atoms. The third kappa shape index (κ3) is 2.10. The van der Waals surface area contributed by atoms with Gasteiger partial charge in [-0.3, -0.25) is 0 Å². The van der Waals surface area contributed by atoms with Gasteiger partial charge < -0.3 is 10.5 Å². The molecule has 0 saturated heterocycles. The number of carboxylic acids is 1. The maximum absolute atomic E-state index is 13.6. The lowest BCUT2D eigenvalue weighted by atomic mass is 9.84. The van der Waals surface area contributed by atoms with Crippen LogP contribution in [-0.2, 0) is 5.41 Å². The fourth-order valence-electron chi connectivity index (χ4n) is 1.47.